The number of ether oxygens (including phenoxy) is 1. The van der Waals surface area contributed by atoms with Crippen LogP contribution >= 0.6 is 28.1 Å². The van der Waals surface area contributed by atoms with E-state index in [0.29, 0.717) is 30.6 Å². The van der Waals surface area contributed by atoms with Crippen LogP contribution in [0.25, 0.3) is 5.69 Å². The van der Waals surface area contributed by atoms with E-state index in [9.17, 15) is 8.78 Å². The highest BCUT2D eigenvalue weighted by molar-refractivity contribution is 9.10. The summed E-state index contributed by atoms with van der Waals surface area (Å²) in [6.07, 6.45) is 0. The normalized spacial score (nSPS) is 18.3. The van der Waals surface area contributed by atoms with Gasteiger partial charge in [0.15, 0.2) is 22.6 Å². The van der Waals surface area contributed by atoms with Gasteiger partial charge in [-0.25, -0.2) is 13.5 Å². The first-order chi connectivity index (χ1) is 16.4. The van der Waals surface area contributed by atoms with E-state index in [0.717, 1.165) is 28.0 Å². The van der Waals surface area contributed by atoms with Gasteiger partial charge in [-0.05, 0) is 64.9 Å². The fourth-order valence-corrected chi connectivity index (χ4v) is 4.79. The first kappa shape index (κ1) is 24.7. The quantitative estimate of drug-likeness (QED) is 0.419. The third-order valence-corrected chi connectivity index (χ3v) is 7.08. The molecule has 0 amide bonds. The third kappa shape index (κ3) is 5.46. The van der Waals surface area contributed by atoms with Crippen LogP contribution < -0.4 is 10.6 Å². The van der Waals surface area contributed by atoms with E-state index in [-0.39, 0.29) is 12.0 Å². The number of rotatable bonds is 7. The molecular weight excluding hydrogens is 524 g/mol. The molecule has 34 heavy (non-hydrogen) atoms. The van der Waals surface area contributed by atoms with Gasteiger partial charge >= 0.3 is 0 Å². The zero-order valence-electron chi connectivity index (χ0n) is 18.9. The molecule has 2 N–H and O–H groups in total. The van der Waals surface area contributed by atoms with Crippen LogP contribution in [0, 0.1) is 18.6 Å². The lowest BCUT2D eigenvalue weighted by atomic mass is 9.94. The maximum atomic E-state index is 14.0. The second-order valence-electron chi connectivity index (χ2n) is 8.23. The number of nitrogens with zero attached hydrogens (tertiary/aromatic N) is 3. The Kier molecular flexibility index (Phi) is 7.92. The van der Waals surface area contributed by atoms with Gasteiger partial charge < -0.3 is 15.4 Å². The Morgan fingerprint density at radius 2 is 1.94 bits per heavy atom. The fraction of sp³-hybridized carbons (Fsp3) is 0.333. The predicted octanol–water partition coefficient (Wildman–Crippen LogP) is 4.62. The number of aromatic nitrogens is 2. The van der Waals surface area contributed by atoms with Crippen LogP contribution in [-0.4, -0.2) is 59.2 Å². The number of aryl methyl sites for hydroxylation is 1. The maximum absolute atomic E-state index is 14.0. The average molecular weight is 550 g/mol. The van der Waals surface area contributed by atoms with Crippen molar-refractivity contribution in [3.8, 4) is 5.69 Å². The summed E-state index contributed by atoms with van der Waals surface area (Å²) in [6, 6.07) is 13.7. The Morgan fingerprint density at radius 1 is 1.18 bits per heavy atom. The van der Waals surface area contributed by atoms with Gasteiger partial charge in [0.1, 0.15) is 0 Å². The van der Waals surface area contributed by atoms with E-state index in [1.807, 2.05) is 37.3 Å². The van der Waals surface area contributed by atoms with Crippen molar-refractivity contribution in [3.05, 3.63) is 75.9 Å². The number of nitrogens with one attached hydrogen (secondary N) is 2. The van der Waals surface area contributed by atoms with E-state index in [2.05, 4.69) is 36.6 Å². The molecule has 1 fully saturated rings. The first-order valence-electron chi connectivity index (χ1n) is 10.9. The largest absolute Gasteiger partial charge is 0.383 e. The minimum Gasteiger partial charge on any atom is -0.383 e. The Bertz CT molecular complexity index is 1160. The molecule has 2 atom stereocenters. The second-order valence-corrected chi connectivity index (χ2v) is 9.43. The molecule has 3 aromatic rings. The third-order valence-electron chi connectivity index (χ3n) is 5.92. The van der Waals surface area contributed by atoms with Crippen molar-refractivity contribution < 1.29 is 13.5 Å². The fourth-order valence-electron chi connectivity index (χ4n) is 4.20. The SMILES string of the molecule is COCCN1CC(NC(=S)Nc2c(Br)c(C)nn2-c2ccccc2)C(c2ccc(F)c(F)c2)C1. The minimum absolute atomic E-state index is 0.0732. The summed E-state index contributed by atoms with van der Waals surface area (Å²) >= 11 is 9.27. The van der Waals surface area contributed by atoms with E-state index in [4.69, 9.17) is 17.0 Å². The summed E-state index contributed by atoms with van der Waals surface area (Å²) in [5.74, 6) is -1.07. The van der Waals surface area contributed by atoms with Crippen LogP contribution in [-0.2, 0) is 4.74 Å². The van der Waals surface area contributed by atoms with Crippen molar-refractivity contribution in [1.29, 1.82) is 0 Å². The van der Waals surface area contributed by atoms with Crippen molar-refractivity contribution in [2.24, 2.45) is 0 Å². The van der Waals surface area contributed by atoms with Gasteiger partial charge in [0.05, 0.1) is 22.5 Å². The van der Waals surface area contributed by atoms with Crippen molar-refractivity contribution in [2.45, 2.75) is 18.9 Å². The van der Waals surface area contributed by atoms with Crippen LogP contribution in [0.2, 0.25) is 0 Å². The molecule has 1 aromatic heterocycles. The topological polar surface area (TPSA) is 54.4 Å². The van der Waals surface area contributed by atoms with Gasteiger partial charge in [-0.1, -0.05) is 24.3 Å². The number of anilines is 1. The second kappa shape index (κ2) is 10.9. The summed E-state index contributed by atoms with van der Waals surface area (Å²) in [6.45, 7) is 4.60. The lowest BCUT2D eigenvalue weighted by Crippen LogP contribution is -2.42. The summed E-state index contributed by atoms with van der Waals surface area (Å²) in [5, 5.41) is 11.7. The van der Waals surface area contributed by atoms with Crippen LogP contribution in [0.1, 0.15) is 17.2 Å². The molecule has 0 bridgehead atoms. The zero-order chi connectivity index (χ0) is 24.2. The van der Waals surface area contributed by atoms with E-state index < -0.39 is 11.6 Å². The highest BCUT2D eigenvalue weighted by atomic mass is 79.9. The van der Waals surface area contributed by atoms with Gasteiger partial charge in [-0.2, -0.15) is 5.10 Å². The number of hydrogen-bond donors (Lipinski definition) is 2. The number of benzene rings is 2. The summed E-state index contributed by atoms with van der Waals surface area (Å²) < 4.78 is 35.3. The van der Waals surface area contributed by atoms with E-state index in [1.54, 1.807) is 17.9 Å². The average Bonchev–Trinajstić information content (AvgIpc) is 3.35. The maximum Gasteiger partial charge on any atom is 0.172 e. The summed E-state index contributed by atoms with van der Waals surface area (Å²) in [5.41, 5.74) is 2.44. The lowest BCUT2D eigenvalue weighted by molar-refractivity contribution is 0.159. The molecule has 0 radical (unpaired) electrons. The monoisotopic (exact) mass is 549 g/mol. The highest BCUT2D eigenvalue weighted by Crippen LogP contribution is 2.31. The number of para-hydroxylation sites is 1. The van der Waals surface area contributed by atoms with Gasteiger partial charge in [0.25, 0.3) is 0 Å². The smallest absolute Gasteiger partial charge is 0.172 e. The van der Waals surface area contributed by atoms with E-state index in [1.165, 1.54) is 12.1 Å². The van der Waals surface area contributed by atoms with Gasteiger partial charge in [0.2, 0.25) is 0 Å². The van der Waals surface area contributed by atoms with Gasteiger partial charge in [-0.3, -0.25) is 4.90 Å². The van der Waals surface area contributed by atoms with Crippen molar-refractivity contribution in [1.82, 2.24) is 20.0 Å². The van der Waals surface area contributed by atoms with Crippen LogP contribution in [0.15, 0.2) is 53.0 Å². The molecule has 180 valence electrons. The molecule has 1 aliphatic heterocycles. The lowest BCUT2D eigenvalue weighted by Gasteiger charge is -2.22. The minimum atomic E-state index is -0.853. The zero-order valence-corrected chi connectivity index (χ0v) is 21.3. The van der Waals surface area contributed by atoms with E-state index >= 15 is 0 Å². The number of likely N-dealkylation sites (tertiary alicyclic amines) is 1. The van der Waals surface area contributed by atoms with Crippen molar-refractivity contribution in [2.75, 3.05) is 38.7 Å². The Balaban J connectivity index is 1.54. The van der Waals surface area contributed by atoms with Crippen molar-refractivity contribution >= 4 is 39.1 Å². The van der Waals surface area contributed by atoms with Crippen LogP contribution in [0.3, 0.4) is 0 Å². The van der Waals surface area contributed by atoms with Crippen LogP contribution in [0.5, 0.6) is 0 Å². The molecule has 2 unspecified atom stereocenters. The Labute approximate surface area is 211 Å². The number of halogens is 3. The standard InChI is InChI=1S/C24H26BrF2N5OS/c1-15-22(25)23(32(30-15)17-6-4-3-5-7-17)29-24(34)28-21-14-31(10-11-33-2)13-18(21)16-8-9-19(26)20(27)12-16/h3-9,12,18,21H,10-11,13-14H2,1-2H3,(H2,28,29,34). The molecule has 2 heterocycles. The number of thiocarbonyl (C=S) groups is 1. The summed E-state index contributed by atoms with van der Waals surface area (Å²) in [7, 11) is 1.66. The number of methoxy groups -OCH3 is 1. The molecule has 6 nitrogen and oxygen atoms in total. The molecule has 1 aliphatic rings. The summed E-state index contributed by atoms with van der Waals surface area (Å²) in [4.78, 5) is 2.23. The predicted molar refractivity (Wildman–Crippen MR) is 137 cm³/mol. The molecule has 2 aromatic carbocycles. The van der Waals surface area contributed by atoms with Crippen molar-refractivity contribution in [3.63, 3.8) is 0 Å². The molecule has 0 spiro atoms. The Hall–Kier alpha value is -2.40. The van der Waals surface area contributed by atoms with Gasteiger partial charge in [-0.15, -0.1) is 0 Å². The van der Waals surface area contributed by atoms with Crippen LogP contribution in [0.4, 0.5) is 14.6 Å². The molecule has 4 rings (SSSR count). The molecule has 1 saturated heterocycles. The molecule has 0 aliphatic carbocycles. The highest BCUT2D eigenvalue weighted by Gasteiger charge is 2.34. The molecule has 10 heteroatoms. The van der Waals surface area contributed by atoms with Gasteiger partial charge in [0, 0.05) is 38.7 Å². The molecule has 0 saturated carbocycles. The number of hydrogen-bond acceptors (Lipinski definition) is 4. The molecular formula is C24H26BrF2N5OS. The Morgan fingerprint density at radius 3 is 2.65 bits per heavy atom. The first-order valence-corrected chi connectivity index (χ1v) is 12.1.